The lowest BCUT2D eigenvalue weighted by Gasteiger charge is -2.31. The highest BCUT2D eigenvalue weighted by atomic mass is 32.1. The monoisotopic (exact) mass is 342 g/mol. The standard InChI is InChI=1S/C16H26N2O4S/c1-14(2,3)21-13(20)16(17,10-11-8-7-9-23-11)12(19)18-22-15(4,5)6/h7-9H,10,17H2,1-6H3,(H,18,19). The van der Waals surface area contributed by atoms with Gasteiger partial charge in [-0.3, -0.25) is 9.63 Å². The Kier molecular flexibility index (Phi) is 5.95. The molecular formula is C16H26N2O4S. The highest BCUT2D eigenvalue weighted by Gasteiger charge is 2.46. The van der Waals surface area contributed by atoms with Gasteiger partial charge in [0, 0.05) is 11.3 Å². The number of amides is 1. The van der Waals surface area contributed by atoms with Gasteiger partial charge in [0.15, 0.2) is 0 Å². The first-order valence-corrected chi connectivity index (χ1v) is 8.25. The molecule has 1 heterocycles. The smallest absolute Gasteiger partial charge is 0.336 e. The van der Waals surface area contributed by atoms with Crippen LogP contribution in [0.3, 0.4) is 0 Å². The topological polar surface area (TPSA) is 90.6 Å². The molecule has 3 N–H and O–H groups in total. The molecule has 1 amide bonds. The molecule has 0 saturated carbocycles. The van der Waals surface area contributed by atoms with E-state index in [4.69, 9.17) is 15.3 Å². The number of ether oxygens (including phenoxy) is 1. The van der Waals surface area contributed by atoms with E-state index in [0.29, 0.717) is 0 Å². The molecule has 0 aliphatic rings. The van der Waals surface area contributed by atoms with E-state index in [1.807, 2.05) is 17.5 Å². The number of nitrogens with one attached hydrogen (secondary N) is 1. The molecule has 0 aliphatic carbocycles. The van der Waals surface area contributed by atoms with Crippen molar-refractivity contribution in [1.82, 2.24) is 5.48 Å². The summed E-state index contributed by atoms with van der Waals surface area (Å²) in [4.78, 5) is 31.1. The van der Waals surface area contributed by atoms with Gasteiger partial charge in [0.25, 0.3) is 5.91 Å². The van der Waals surface area contributed by atoms with Crippen molar-refractivity contribution in [3.63, 3.8) is 0 Å². The van der Waals surface area contributed by atoms with Crippen LogP contribution in [0.15, 0.2) is 17.5 Å². The average Bonchev–Trinajstić information content (AvgIpc) is 2.85. The number of carbonyl (C=O) groups is 2. The van der Waals surface area contributed by atoms with E-state index in [1.165, 1.54) is 11.3 Å². The van der Waals surface area contributed by atoms with Crippen LogP contribution < -0.4 is 11.2 Å². The van der Waals surface area contributed by atoms with E-state index in [0.717, 1.165) is 4.88 Å². The highest BCUT2D eigenvalue weighted by Crippen LogP contribution is 2.21. The Bertz CT molecular complexity index is 543. The lowest BCUT2D eigenvalue weighted by Crippen LogP contribution is -2.63. The van der Waals surface area contributed by atoms with E-state index < -0.39 is 28.6 Å². The van der Waals surface area contributed by atoms with Gasteiger partial charge < -0.3 is 10.5 Å². The second-order valence-electron chi connectivity index (χ2n) is 7.38. The van der Waals surface area contributed by atoms with Crippen molar-refractivity contribution in [2.24, 2.45) is 5.73 Å². The zero-order chi connectivity index (χ0) is 17.9. The number of nitrogens with two attached hydrogens (primary N) is 1. The number of esters is 1. The summed E-state index contributed by atoms with van der Waals surface area (Å²) >= 11 is 1.42. The summed E-state index contributed by atoms with van der Waals surface area (Å²) in [5, 5.41) is 1.86. The minimum absolute atomic E-state index is 0.0406. The predicted octanol–water partition coefficient (Wildman–Crippen LogP) is 2.18. The van der Waals surface area contributed by atoms with E-state index in [2.05, 4.69) is 5.48 Å². The molecule has 1 atom stereocenters. The van der Waals surface area contributed by atoms with Gasteiger partial charge in [-0.1, -0.05) is 6.07 Å². The summed E-state index contributed by atoms with van der Waals surface area (Å²) in [5.74, 6) is -1.51. The zero-order valence-electron chi connectivity index (χ0n) is 14.6. The van der Waals surface area contributed by atoms with Crippen molar-refractivity contribution >= 4 is 23.2 Å². The molecule has 0 spiro atoms. The predicted molar refractivity (Wildman–Crippen MR) is 89.8 cm³/mol. The van der Waals surface area contributed by atoms with Crippen LogP contribution in [0.2, 0.25) is 0 Å². The Morgan fingerprint density at radius 3 is 2.22 bits per heavy atom. The lowest BCUT2D eigenvalue weighted by atomic mass is 9.94. The summed E-state index contributed by atoms with van der Waals surface area (Å²) in [6.45, 7) is 10.5. The molecule has 0 fully saturated rings. The molecule has 0 saturated heterocycles. The Balaban J connectivity index is 3.00. The molecule has 1 rings (SSSR count). The molecule has 130 valence electrons. The molecule has 7 heteroatoms. The molecule has 0 radical (unpaired) electrons. The SMILES string of the molecule is CC(C)(C)ONC(=O)C(N)(Cc1cccs1)C(=O)OC(C)(C)C. The van der Waals surface area contributed by atoms with Crippen molar-refractivity contribution in [3.05, 3.63) is 22.4 Å². The van der Waals surface area contributed by atoms with Gasteiger partial charge in [0.05, 0.1) is 5.60 Å². The molecule has 0 aliphatic heterocycles. The third kappa shape index (κ3) is 6.29. The number of hydrogen-bond acceptors (Lipinski definition) is 6. The molecule has 1 aromatic rings. The molecule has 1 unspecified atom stereocenters. The fourth-order valence-corrected chi connectivity index (χ4v) is 2.39. The third-order valence-electron chi connectivity index (χ3n) is 2.65. The lowest BCUT2D eigenvalue weighted by molar-refractivity contribution is -0.170. The van der Waals surface area contributed by atoms with E-state index in [1.54, 1.807) is 41.5 Å². The number of rotatable bonds is 5. The third-order valence-corrected chi connectivity index (χ3v) is 3.53. The zero-order valence-corrected chi connectivity index (χ0v) is 15.4. The molecule has 0 bridgehead atoms. The van der Waals surface area contributed by atoms with Crippen LogP contribution in [0.5, 0.6) is 0 Å². The van der Waals surface area contributed by atoms with Gasteiger partial charge in [0.1, 0.15) is 5.60 Å². The number of carbonyl (C=O) groups excluding carboxylic acids is 2. The van der Waals surface area contributed by atoms with Crippen LogP contribution >= 0.6 is 11.3 Å². The van der Waals surface area contributed by atoms with Crippen LogP contribution in [0, 0.1) is 0 Å². The first-order valence-electron chi connectivity index (χ1n) is 7.37. The highest BCUT2D eigenvalue weighted by molar-refractivity contribution is 7.09. The quantitative estimate of drug-likeness (QED) is 0.486. The number of thiophene rings is 1. The van der Waals surface area contributed by atoms with E-state index in [9.17, 15) is 9.59 Å². The Hall–Kier alpha value is -1.44. The van der Waals surface area contributed by atoms with Crippen molar-refractivity contribution in [2.45, 2.75) is 64.7 Å². The molecule has 23 heavy (non-hydrogen) atoms. The first-order chi connectivity index (χ1) is 10.3. The number of hydrogen-bond donors (Lipinski definition) is 2. The van der Waals surface area contributed by atoms with Gasteiger partial charge in [-0.15, -0.1) is 11.3 Å². The second kappa shape index (κ2) is 6.98. The van der Waals surface area contributed by atoms with Crippen LogP contribution in [-0.2, 0) is 25.6 Å². The molecule has 6 nitrogen and oxygen atoms in total. The Labute approximate surface area is 141 Å². The van der Waals surface area contributed by atoms with E-state index >= 15 is 0 Å². The molecule has 0 aromatic carbocycles. The summed E-state index contributed by atoms with van der Waals surface area (Å²) in [6.07, 6.45) is 0.0406. The fourth-order valence-electron chi connectivity index (χ4n) is 1.59. The summed E-state index contributed by atoms with van der Waals surface area (Å²) in [7, 11) is 0. The molecular weight excluding hydrogens is 316 g/mol. The van der Waals surface area contributed by atoms with Gasteiger partial charge in [-0.25, -0.2) is 10.3 Å². The van der Waals surface area contributed by atoms with Gasteiger partial charge in [0.2, 0.25) is 5.54 Å². The second-order valence-corrected chi connectivity index (χ2v) is 8.41. The van der Waals surface area contributed by atoms with Crippen molar-refractivity contribution in [1.29, 1.82) is 0 Å². The van der Waals surface area contributed by atoms with E-state index in [-0.39, 0.29) is 6.42 Å². The first kappa shape index (κ1) is 19.6. The number of hydroxylamine groups is 1. The van der Waals surface area contributed by atoms with Crippen molar-refractivity contribution in [2.75, 3.05) is 0 Å². The Morgan fingerprint density at radius 1 is 1.17 bits per heavy atom. The largest absolute Gasteiger partial charge is 0.458 e. The van der Waals surface area contributed by atoms with Crippen LogP contribution in [0.1, 0.15) is 46.4 Å². The average molecular weight is 342 g/mol. The van der Waals surface area contributed by atoms with Crippen LogP contribution in [-0.4, -0.2) is 28.6 Å². The maximum atomic E-state index is 12.5. The van der Waals surface area contributed by atoms with Crippen LogP contribution in [0.25, 0.3) is 0 Å². The summed E-state index contributed by atoms with van der Waals surface area (Å²) < 4.78 is 5.33. The van der Waals surface area contributed by atoms with Crippen molar-refractivity contribution < 1.29 is 19.2 Å². The fraction of sp³-hybridized carbons (Fsp3) is 0.625. The minimum Gasteiger partial charge on any atom is -0.458 e. The van der Waals surface area contributed by atoms with Crippen LogP contribution in [0.4, 0.5) is 0 Å². The van der Waals surface area contributed by atoms with Gasteiger partial charge in [-0.2, -0.15) is 0 Å². The summed E-state index contributed by atoms with van der Waals surface area (Å²) in [6, 6.07) is 3.65. The maximum absolute atomic E-state index is 12.5. The minimum atomic E-state index is -1.86. The maximum Gasteiger partial charge on any atom is 0.336 e. The van der Waals surface area contributed by atoms with Gasteiger partial charge in [-0.05, 0) is 53.0 Å². The normalized spacial score (nSPS) is 14.9. The Morgan fingerprint density at radius 2 is 1.78 bits per heavy atom. The van der Waals surface area contributed by atoms with Crippen molar-refractivity contribution in [3.8, 4) is 0 Å². The summed E-state index contributed by atoms with van der Waals surface area (Å²) in [5.41, 5.74) is 5.23. The van der Waals surface area contributed by atoms with Gasteiger partial charge >= 0.3 is 5.97 Å². The molecule has 1 aromatic heterocycles.